The summed E-state index contributed by atoms with van der Waals surface area (Å²) in [4.78, 5) is 0. The van der Waals surface area contributed by atoms with Gasteiger partial charge in [0, 0.05) is 10.8 Å². The smallest absolute Gasteiger partial charge is 0.174 e. The quantitative estimate of drug-likeness (QED) is 0.602. The van der Waals surface area contributed by atoms with Gasteiger partial charge in [0.2, 0.25) is 0 Å². The van der Waals surface area contributed by atoms with Gasteiger partial charge >= 0.3 is 0 Å². The van der Waals surface area contributed by atoms with E-state index in [0.29, 0.717) is 22.1 Å². The first kappa shape index (κ1) is 13.6. The van der Waals surface area contributed by atoms with E-state index in [9.17, 15) is 10.2 Å². The Bertz CT molecular complexity index is 783. The SMILES string of the molecule is CC(C)=CC1(C)C=Cc2c(c(O)c3ccccc3c2O)O1. The van der Waals surface area contributed by atoms with Crippen molar-refractivity contribution in [3.8, 4) is 17.2 Å². The molecule has 2 N–H and O–H groups in total. The van der Waals surface area contributed by atoms with Gasteiger partial charge in [-0.2, -0.15) is 0 Å². The van der Waals surface area contributed by atoms with Gasteiger partial charge in [-0.3, -0.25) is 0 Å². The van der Waals surface area contributed by atoms with E-state index in [1.54, 1.807) is 18.2 Å². The van der Waals surface area contributed by atoms with Crippen LogP contribution in [0.1, 0.15) is 26.3 Å². The van der Waals surface area contributed by atoms with E-state index in [-0.39, 0.29) is 11.5 Å². The summed E-state index contributed by atoms with van der Waals surface area (Å²) >= 11 is 0. The maximum atomic E-state index is 10.5. The van der Waals surface area contributed by atoms with Crippen LogP contribution in [0, 0.1) is 0 Å². The lowest BCUT2D eigenvalue weighted by molar-refractivity contribution is 0.180. The molecule has 3 nitrogen and oxygen atoms in total. The minimum atomic E-state index is -0.627. The highest BCUT2D eigenvalue weighted by atomic mass is 16.5. The molecule has 0 amide bonds. The zero-order valence-corrected chi connectivity index (χ0v) is 12.3. The number of hydrogen-bond acceptors (Lipinski definition) is 3. The first-order valence-electron chi connectivity index (χ1n) is 6.92. The van der Waals surface area contributed by atoms with Crippen LogP contribution in [-0.4, -0.2) is 15.8 Å². The van der Waals surface area contributed by atoms with Crippen molar-refractivity contribution in [3.63, 3.8) is 0 Å². The molecule has 1 heterocycles. The number of ether oxygens (including phenoxy) is 1. The molecule has 0 saturated carbocycles. The van der Waals surface area contributed by atoms with E-state index in [0.717, 1.165) is 5.57 Å². The summed E-state index contributed by atoms with van der Waals surface area (Å²) in [6.07, 6.45) is 5.67. The molecular formula is C18H18O3. The van der Waals surface area contributed by atoms with Crippen LogP contribution in [0.15, 0.2) is 42.0 Å². The van der Waals surface area contributed by atoms with Crippen LogP contribution in [-0.2, 0) is 0 Å². The lowest BCUT2D eigenvalue weighted by Gasteiger charge is -2.30. The Morgan fingerprint density at radius 3 is 2.33 bits per heavy atom. The molecule has 21 heavy (non-hydrogen) atoms. The van der Waals surface area contributed by atoms with E-state index < -0.39 is 5.60 Å². The van der Waals surface area contributed by atoms with Crippen LogP contribution >= 0.6 is 0 Å². The standard InChI is InChI=1S/C18H18O3/c1-11(2)10-18(3)9-8-14-15(19)12-6-4-5-7-13(12)16(20)17(14)21-18/h4-10,19-20H,1-3H3. The Morgan fingerprint density at radius 2 is 1.71 bits per heavy atom. The second-order valence-electron chi connectivity index (χ2n) is 5.83. The molecule has 3 rings (SSSR count). The van der Waals surface area contributed by atoms with Crippen LogP contribution < -0.4 is 4.74 Å². The molecule has 0 saturated heterocycles. The fourth-order valence-corrected chi connectivity index (χ4v) is 2.81. The largest absolute Gasteiger partial charge is 0.507 e. The third kappa shape index (κ3) is 2.15. The summed E-state index contributed by atoms with van der Waals surface area (Å²) < 4.78 is 5.98. The van der Waals surface area contributed by atoms with Gasteiger partial charge in [-0.15, -0.1) is 0 Å². The minimum absolute atomic E-state index is 0.0659. The number of rotatable bonds is 1. The number of aromatic hydroxyl groups is 2. The molecule has 0 radical (unpaired) electrons. The number of fused-ring (bicyclic) bond motifs is 2. The highest BCUT2D eigenvalue weighted by molar-refractivity contribution is 5.99. The summed E-state index contributed by atoms with van der Waals surface area (Å²) in [6.45, 7) is 5.91. The number of phenols is 2. The normalized spacial score (nSPS) is 20.0. The summed E-state index contributed by atoms with van der Waals surface area (Å²) in [7, 11) is 0. The number of benzene rings is 2. The molecule has 0 spiro atoms. The second kappa shape index (κ2) is 4.55. The van der Waals surface area contributed by atoms with Gasteiger partial charge in [-0.1, -0.05) is 29.8 Å². The average Bonchev–Trinajstić information content (AvgIpc) is 2.43. The third-order valence-electron chi connectivity index (χ3n) is 3.63. The van der Waals surface area contributed by atoms with Crippen LogP contribution in [0.25, 0.3) is 16.8 Å². The molecule has 1 aliphatic heterocycles. The van der Waals surface area contributed by atoms with Gasteiger partial charge in [0.1, 0.15) is 11.4 Å². The predicted molar refractivity (Wildman–Crippen MR) is 84.8 cm³/mol. The molecule has 3 heteroatoms. The maximum Gasteiger partial charge on any atom is 0.174 e. The highest BCUT2D eigenvalue weighted by Crippen LogP contribution is 2.48. The van der Waals surface area contributed by atoms with Gasteiger partial charge in [0.25, 0.3) is 0 Å². The fourth-order valence-electron chi connectivity index (χ4n) is 2.81. The Labute approximate surface area is 123 Å². The maximum absolute atomic E-state index is 10.5. The number of hydrogen-bond donors (Lipinski definition) is 2. The Morgan fingerprint density at radius 1 is 1.10 bits per heavy atom. The van der Waals surface area contributed by atoms with Crippen molar-refractivity contribution >= 4 is 16.8 Å². The Kier molecular flexibility index (Phi) is 2.94. The topological polar surface area (TPSA) is 49.7 Å². The highest BCUT2D eigenvalue weighted by Gasteiger charge is 2.30. The van der Waals surface area contributed by atoms with Crippen molar-refractivity contribution in [1.29, 1.82) is 0 Å². The molecule has 108 valence electrons. The first-order valence-corrected chi connectivity index (χ1v) is 6.92. The van der Waals surface area contributed by atoms with Crippen LogP contribution in [0.4, 0.5) is 0 Å². The van der Waals surface area contributed by atoms with E-state index in [1.807, 2.05) is 45.1 Å². The first-order chi connectivity index (χ1) is 9.91. The molecule has 1 unspecified atom stereocenters. The van der Waals surface area contributed by atoms with Crippen LogP contribution in [0.5, 0.6) is 17.2 Å². The average molecular weight is 282 g/mol. The lowest BCUT2D eigenvalue weighted by atomic mass is 9.95. The second-order valence-corrected chi connectivity index (χ2v) is 5.83. The zero-order chi connectivity index (χ0) is 15.2. The fraction of sp³-hybridized carbons (Fsp3) is 0.222. The van der Waals surface area contributed by atoms with E-state index in [4.69, 9.17) is 4.74 Å². The summed E-state index contributed by atoms with van der Waals surface area (Å²) in [5, 5.41) is 22.1. The summed E-state index contributed by atoms with van der Waals surface area (Å²) in [6, 6.07) is 7.20. The molecular weight excluding hydrogens is 264 g/mol. The van der Waals surface area contributed by atoms with E-state index in [2.05, 4.69) is 0 Å². The van der Waals surface area contributed by atoms with Gasteiger partial charge in [0.15, 0.2) is 11.5 Å². The zero-order valence-electron chi connectivity index (χ0n) is 12.3. The molecule has 0 bridgehead atoms. The molecule has 0 aromatic heterocycles. The number of phenolic OH excluding ortho intramolecular Hbond substituents is 2. The summed E-state index contributed by atoms with van der Waals surface area (Å²) in [5.74, 6) is 0.527. The molecule has 2 aromatic carbocycles. The van der Waals surface area contributed by atoms with E-state index in [1.165, 1.54) is 0 Å². The minimum Gasteiger partial charge on any atom is -0.507 e. The van der Waals surface area contributed by atoms with Crippen molar-refractivity contribution in [3.05, 3.63) is 47.6 Å². The summed E-state index contributed by atoms with van der Waals surface area (Å²) in [5.41, 5.74) is 1.01. The third-order valence-corrected chi connectivity index (χ3v) is 3.63. The molecule has 1 atom stereocenters. The van der Waals surface area contributed by atoms with Crippen molar-refractivity contribution in [2.75, 3.05) is 0 Å². The monoisotopic (exact) mass is 282 g/mol. The number of allylic oxidation sites excluding steroid dienone is 1. The molecule has 0 aliphatic carbocycles. The van der Waals surface area contributed by atoms with Crippen LogP contribution in [0.3, 0.4) is 0 Å². The van der Waals surface area contributed by atoms with Crippen molar-refractivity contribution in [2.45, 2.75) is 26.4 Å². The van der Waals surface area contributed by atoms with Crippen molar-refractivity contribution < 1.29 is 14.9 Å². The molecule has 2 aromatic rings. The molecule has 0 fully saturated rings. The Hall–Kier alpha value is -2.42. The predicted octanol–water partition coefficient (Wildman–Crippen LogP) is 4.38. The van der Waals surface area contributed by atoms with Crippen molar-refractivity contribution in [2.24, 2.45) is 0 Å². The van der Waals surface area contributed by atoms with Crippen molar-refractivity contribution in [1.82, 2.24) is 0 Å². The van der Waals surface area contributed by atoms with Gasteiger partial charge < -0.3 is 14.9 Å². The molecule has 1 aliphatic rings. The van der Waals surface area contributed by atoms with E-state index >= 15 is 0 Å². The van der Waals surface area contributed by atoms with Crippen LogP contribution in [0.2, 0.25) is 0 Å². The van der Waals surface area contributed by atoms with Gasteiger partial charge in [-0.05, 0) is 39.0 Å². The van der Waals surface area contributed by atoms with Gasteiger partial charge in [-0.25, -0.2) is 0 Å². The van der Waals surface area contributed by atoms with Gasteiger partial charge in [0.05, 0.1) is 5.56 Å². The Balaban J connectivity index is 2.27. The lowest BCUT2D eigenvalue weighted by Crippen LogP contribution is -2.29.